The smallest absolute Gasteiger partial charge is 0.251 e. The molecule has 2 saturated heterocycles. The van der Waals surface area contributed by atoms with Crippen LogP contribution in [0, 0.1) is 11.6 Å². The lowest BCUT2D eigenvalue weighted by Gasteiger charge is -2.35. The molecule has 2 atom stereocenters. The molecule has 29 heavy (non-hydrogen) atoms. The molecule has 4 rings (SSSR count). The second-order valence-electron chi connectivity index (χ2n) is 7.56. The number of nitrogens with one attached hydrogen (secondary N) is 3. The van der Waals surface area contributed by atoms with Crippen molar-refractivity contribution >= 4 is 17.5 Å². The van der Waals surface area contributed by atoms with Crippen LogP contribution in [0.5, 0.6) is 0 Å². The van der Waals surface area contributed by atoms with Gasteiger partial charge in [-0.25, -0.2) is 19.6 Å². The Morgan fingerprint density at radius 2 is 1.79 bits per heavy atom. The third kappa shape index (κ3) is 4.75. The first kappa shape index (κ1) is 20.2. The van der Waals surface area contributed by atoms with E-state index in [1.807, 2.05) is 0 Å². The van der Waals surface area contributed by atoms with E-state index in [-0.39, 0.29) is 35.0 Å². The highest BCUT2D eigenvalue weighted by molar-refractivity contribution is 6.31. The van der Waals surface area contributed by atoms with E-state index < -0.39 is 5.82 Å². The number of piperidine rings is 1. The average molecular weight is 421 g/mol. The highest BCUT2D eigenvalue weighted by Gasteiger charge is 2.32. The number of hydrogen-bond donors (Lipinski definition) is 3. The molecule has 2 aliphatic rings. The van der Waals surface area contributed by atoms with Crippen molar-refractivity contribution in [1.82, 2.24) is 21.1 Å². The van der Waals surface area contributed by atoms with Crippen molar-refractivity contribution in [3.05, 3.63) is 70.2 Å². The van der Waals surface area contributed by atoms with Gasteiger partial charge in [0.05, 0.1) is 11.2 Å². The normalized spacial score (nSPS) is 23.3. The fourth-order valence-corrected chi connectivity index (χ4v) is 4.13. The van der Waals surface area contributed by atoms with Gasteiger partial charge in [-0.15, -0.1) is 0 Å². The monoisotopic (exact) mass is 420 g/mol. The molecule has 0 saturated carbocycles. The molecule has 0 aromatic heterocycles. The topological polar surface area (TPSA) is 56.4 Å². The summed E-state index contributed by atoms with van der Waals surface area (Å²) in [7, 11) is 0. The molecule has 154 valence electrons. The summed E-state index contributed by atoms with van der Waals surface area (Å²) < 4.78 is 26.4. The van der Waals surface area contributed by atoms with Crippen LogP contribution in [0.1, 0.15) is 41.2 Å². The van der Waals surface area contributed by atoms with Crippen LogP contribution < -0.4 is 16.2 Å². The van der Waals surface area contributed by atoms with E-state index in [1.165, 1.54) is 30.3 Å². The highest BCUT2D eigenvalue weighted by Crippen LogP contribution is 2.26. The maximum Gasteiger partial charge on any atom is 0.251 e. The summed E-state index contributed by atoms with van der Waals surface area (Å²) in [5, 5.41) is 2.96. The lowest BCUT2D eigenvalue weighted by molar-refractivity contribution is 0.0880. The Balaban J connectivity index is 1.27. The minimum Gasteiger partial charge on any atom is -0.349 e. The predicted molar refractivity (Wildman–Crippen MR) is 107 cm³/mol. The van der Waals surface area contributed by atoms with Gasteiger partial charge in [0, 0.05) is 30.7 Å². The number of nitrogens with zero attached hydrogens (tertiary/aromatic N) is 1. The van der Waals surface area contributed by atoms with Gasteiger partial charge in [0.25, 0.3) is 5.91 Å². The molecule has 0 radical (unpaired) electrons. The van der Waals surface area contributed by atoms with Crippen LogP contribution in [0.15, 0.2) is 42.5 Å². The first-order valence-electron chi connectivity index (χ1n) is 9.76. The van der Waals surface area contributed by atoms with E-state index in [0.717, 1.165) is 37.9 Å². The third-order valence-electron chi connectivity index (χ3n) is 5.64. The maximum absolute atomic E-state index is 13.3. The average Bonchev–Trinajstić information content (AvgIpc) is 3.21. The first-order valence-corrected chi connectivity index (χ1v) is 10.1. The summed E-state index contributed by atoms with van der Waals surface area (Å²) in [5.74, 6) is -1.00. The van der Waals surface area contributed by atoms with Gasteiger partial charge >= 0.3 is 0 Å². The molecule has 0 aliphatic carbocycles. The van der Waals surface area contributed by atoms with Crippen molar-refractivity contribution < 1.29 is 13.6 Å². The van der Waals surface area contributed by atoms with Crippen LogP contribution in [0.4, 0.5) is 8.78 Å². The van der Waals surface area contributed by atoms with E-state index in [1.54, 1.807) is 12.1 Å². The molecule has 0 bridgehead atoms. The predicted octanol–water partition coefficient (Wildman–Crippen LogP) is 3.38. The molecular formula is C21H23ClF2N4O. The van der Waals surface area contributed by atoms with E-state index in [4.69, 9.17) is 11.6 Å². The number of carbonyl (C=O) groups is 1. The van der Waals surface area contributed by atoms with Crippen LogP contribution in [-0.4, -0.2) is 36.1 Å². The van der Waals surface area contributed by atoms with Crippen LogP contribution >= 0.6 is 11.6 Å². The Bertz CT molecular complexity index is 871. The van der Waals surface area contributed by atoms with Crippen molar-refractivity contribution in [3.63, 3.8) is 0 Å². The van der Waals surface area contributed by atoms with Crippen molar-refractivity contribution in [3.8, 4) is 0 Å². The summed E-state index contributed by atoms with van der Waals surface area (Å²) in [4.78, 5) is 14.7. The summed E-state index contributed by atoms with van der Waals surface area (Å²) in [6.45, 7) is 1.70. The Kier molecular flexibility index (Phi) is 6.10. The molecule has 8 heteroatoms. The molecule has 2 aromatic carbocycles. The molecule has 2 aliphatic heterocycles. The number of rotatable bonds is 4. The van der Waals surface area contributed by atoms with Crippen LogP contribution in [0.3, 0.4) is 0 Å². The molecule has 2 unspecified atom stereocenters. The molecule has 1 amide bonds. The number of carbonyl (C=O) groups excluding carboxylic acids is 1. The van der Waals surface area contributed by atoms with Crippen molar-refractivity contribution in [2.45, 2.75) is 37.5 Å². The van der Waals surface area contributed by atoms with Crippen LogP contribution in [-0.2, 0) is 0 Å². The number of benzene rings is 2. The first-order chi connectivity index (χ1) is 14.0. The van der Waals surface area contributed by atoms with Gasteiger partial charge in [-0.3, -0.25) is 9.69 Å². The Morgan fingerprint density at radius 1 is 1.07 bits per heavy atom. The second-order valence-corrected chi connectivity index (χ2v) is 7.96. The van der Waals surface area contributed by atoms with Gasteiger partial charge < -0.3 is 5.32 Å². The van der Waals surface area contributed by atoms with Gasteiger partial charge in [0.1, 0.15) is 11.6 Å². The molecule has 2 heterocycles. The molecular weight excluding hydrogens is 398 g/mol. The summed E-state index contributed by atoms with van der Waals surface area (Å²) >= 11 is 5.76. The van der Waals surface area contributed by atoms with Crippen molar-refractivity contribution in [2.75, 3.05) is 13.1 Å². The number of amides is 1. The van der Waals surface area contributed by atoms with Gasteiger partial charge in [0.2, 0.25) is 0 Å². The van der Waals surface area contributed by atoms with E-state index in [0.29, 0.717) is 5.56 Å². The molecule has 5 nitrogen and oxygen atoms in total. The maximum atomic E-state index is 13.3. The van der Waals surface area contributed by atoms with Crippen molar-refractivity contribution in [1.29, 1.82) is 0 Å². The van der Waals surface area contributed by atoms with Gasteiger partial charge in [-0.1, -0.05) is 23.7 Å². The highest BCUT2D eigenvalue weighted by atomic mass is 35.5. The zero-order chi connectivity index (χ0) is 20.4. The zero-order valence-corrected chi connectivity index (χ0v) is 16.6. The second kappa shape index (κ2) is 8.75. The standard InChI is InChI=1S/C21H23ClF2N4O/c22-17-11-14(3-6-18(17)24)21(29)25-16-7-9-28(10-8-16)20-12-19(26-27-20)13-1-4-15(23)5-2-13/h1-6,11,16,19-20,26-27H,7-10,12H2,(H,25,29). The number of halogens is 3. The SMILES string of the molecule is O=C(NC1CCN(C2CC(c3ccc(F)cc3)NN2)CC1)c1ccc(F)c(Cl)c1. The Labute approximate surface area is 173 Å². The minimum absolute atomic E-state index is 0.0528. The lowest BCUT2D eigenvalue weighted by Crippen LogP contribution is -2.51. The molecule has 3 N–H and O–H groups in total. The molecule has 0 spiro atoms. The van der Waals surface area contributed by atoms with E-state index >= 15 is 0 Å². The summed E-state index contributed by atoms with van der Waals surface area (Å²) in [5.41, 5.74) is 8.04. The Morgan fingerprint density at radius 3 is 2.48 bits per heavy atom. The Hall–Kier alpha value is -2.06. The molecule has 2 aromatic rings. The number of hydrazine groups is 1. The van der Waals surface area contributed by atoms with E-state index in [9.17, 15) is 13.6 Å². The fraction of sp³-hybridized carbons (Fsp3) is 0.381. The minimum atomic E-state index is -0.534. The lowest BCUT2D eigenvalue weighted by atomic mass is 10.0. The summed E-state index contributed by atoms with van der Waals surface area (Å²) in [6.07, 6.45) is 2.74. The quantitative estimate of drug-likeness (QED) is 0.709. The van der Waals surface area contributed by atoms with E-state index in [2.05, 4.69) is 21.1 Å². The number of hydrogen-bond acceptors (Lipinski definition) is 4. The van der Waals surface area contributed by atoms with Crippen LogP contribution in [0.25, 0.3) is 0 Å². The van der Waals surface area contributed by atoms with Gasteiger partial charge in [0.15, 0.2) is 0 Å². The summed E-state index contributed by atoms with van der Waals surface area (Å²) in [6, 6.07) is 10.8. The van der Waals surface area contributed by atoms with Crippen LogP contribution in [0.2, 0.25) is 5.02 Å². The zero-order valence-electron chi connectivity index (χ0n) is 15.8. The fourth-order valence-electron chi connectivity index (χ4n) is 3.95. The largest absolute Gasteiger partial charge is 0.349 e. The molecule has 2 fully saturated rings. The third-order valence-corrected chi connectivity index (χ3v) is 5.93. The van der Waals surface area contributed by atoms with Gasteiger partial charge in [-0.05, 0) is 55.2 Å². The van der Waals surface area contributed by atoms with Crippen molar-refractivity contribution in [2.24, 2.45) is 0 Å². The van der Waals surface area contributed by atoms with Gasteiger partial charge in [-0.2, -0.15) is 0 Å². The number of likely N-dealkylation sites (tertiary alicyclic amines) is 1.